The molecule has 0 aromatic heterocycles. The highest BCUT2D eigenvalue weighted by molar-refractivity contribution is 5.94. The van der Waals surface area contributed by atoms with Gasteiger partial charge in [0.15, 0.2) is 11.5 Å². The third kappa shape index (κ3) is 3.82. The van der Waals surface area contributed by atoms with Crippen molar-refractivity contribution in [2.75, 3.05) is 20.3 Å². The summed E-state index contributed by atoms with van der Waals surface area (Å²) in [7, 11) is 1.62. The molecule has 2 aromatic carbocycles. The summed E-state index contributed by atoms with van der Waals surface area (Å²) in [6.45, 7) is 6.79. The van der Waals surface area contributed by atoms with Gasteiger partial charge >= 0.3 is 0 Å². The Labute approximate surface area is 153 Å². The van der Waals surface area contributed by atoms with E-state index in [2.05, 4.69) is 11.9 Å². The van der Waals surface area contributed by atoms with E-state index in [0.717, 1.165) is 22.6 Å². The molecule has 1 aliphatic heterocycles. The van der Waals surface area contributed by atoms with Gasteiger partial charge in [0.2, 0.25) is 0 Å². The van der Waals surface area contributed by atoms with E-state index in [4.69, 9.17) is 14.2 Å². The lowest BCUT2D eigenvalue weighted by atomic mass is 10.0. The van der Waals surface area contributed by atoms with Gasteiger partial charge in [-0.05, 0) is 54.8 Å². The first-order chi connectivity index (χ1) is 12.6. The minimum Gasteiger partial charge on any atom is -0.496 e. The van der Waals surface area contributed by atoms with E-state index in [1.165, 1.54) is 0 Å². The van der Waals surface area contributed by atoms with Gasteiger partial charge in [0.05, 0.1) is 13.2 Å². The normalized spacial score (nSPS) is 13.6. The maximum Gasteiger partial charge on any atom is 0.251 e. The fourth-order valence-corrected chi connectivity index (χ4v) is 2.93. The van der Waals surface area contributed by atoms with Crippen LogP contribution in [-0.2, 0) is 6.42 Å². The van der Waals surface area contributed by atoms with Gasteiger partial charge in [0, 0.05) is 5.56 Å². The Morgan fingerprint density at radius 2 is 2.00 bits per heavy atom. The van der Waals surface area contributed by atoms with E-state index in [-0.39, 0.29) is 11.9 Å². The Bertz CT molecular complexity index is 816. The Kier molecular flexibility index (Phi) is 5.46. The van der Waals surface area contributed by atoms with Crippen molar-refractivity contribution in [3.8, 4) is 17.2 Å². The highest BCUT2D eigenvalue weighted by Crippen LogP contribution is 2.32. The van der Waals surface area contributed by atoms with Crippen molar-refractivity contribution in [1.82, 2.24) is 5.32 Å². The largest absolute Gasteiger partial charge is 0.496 e. The molecule has 1 unspecified atom stereocenters. The number of carbonyl (C=O) groups is 1. The molecule has 1 atom stereocenters. The van der Waals surface area contributed by atoms with Gasteiger partial charge in [0.25, 0.3) is 5.91 Å². The molecule has 3 rings (SSSR count). The van der Waals surface area contributed by atoms with E-state index >= 15 is 0 Å². The first-order valence-corrected chi connectivity index (χ1v) is 8.60. The molecule has 0 aliphatic carbocycles. The molecule has 26 heavy (non-hydrogen) atoms. The lowest BCUT2D eigenvalue weighted by molar-refractivity contribution is 0.0939. The molecule has 5 heteroatoms. The molecule has 2 aromatic rings. The van der Waals surface area contributed by atoms with Crippen molar-refractivity contribution >= 4 is 5.91 Å². The molecule has 1 N–H and O–H groups in total. The number of allylic oxidation sites excluding steroid dienone is 1. The van der Waals surface area contributed by atoms with Crippen LogP contribution in [0.25, 0.3) is 0 Å². The summed E-state index contributed by atoms with van der Waals surface area (Å²) in [4.78, 5) is 12.6. The number of benzene rings is 2. The Morgan fingerprint density at radius 1 is 1.23 bits per heavy atom. The zero-order chi connectivity index (χ0) is 18.5. The predicted molar refractivity (Wildman–Crippen MR) is 100 cm³/mol. The Hall–Kier alpha value is -2.95. The summed E-state index contributed by atoms with van der Waals surface area (Å²) in [5.74, 6) is 2.07. The van der Waals surface area contributed by atoms with Crippen LogP contribution >= 0.6 is 0 Å². The number of hydrogen-bond donors (Lipinski definition) is 1. The predicted octanol–water partition coefficient (Wildman–Crippen LogP) is 3.69. The van der Waals surface area contributed by atoms with Crippen LogP contribution in [0, 0.1) is 0 Å². The molecule has 136 valence electrons. The average molecular weight is 353 g/mol. The van der Waals surface area contributed by atoms with E-state index in [9.17, 15) is 4.79 Å². The standard InChI is InChI=1S/C21H23NO4/c1-4-5-16-12-17(7-8-18(16)24-3)21(23)22-14(2)15-6-9-19-20(13-15)26-11-10-25-19/h4,6-9,12-14H,1,5,10-11H2,2-3H3,(H,22,23). The monoisotopic (exact) mass is 353 g/mol. The summed E-state index contributed by atoms with van der Waals surface area (Å²) in [6.07, 6.45) is 2.43. The van der Waals surface area contributed by atoms with Crippen LogP contribution in [0.3, 0.4) is 0 Å². The molecule has 1 heterocycles. The molecule has 0 fully saturated rings. The molecule has 1 aliphatic rings. The van der Waals surface area contributed by atoms with Crippen LogP contribution in [-0.4, -0.2) is 26.2 Å². The third-order valence-corrected chi connectivity index (χ3v) is 4.32. The number of amides is 1. The van der Waals surface area contributed by atoms with Gasteiger partial charge in [-0.15, -0.1) is 6.58 Å². The number of ether oxygens (including phenoxy) is 3. The van der Waals surface area contributed by atoms with Gasteiger partial charge in [-0.25, -0.2) is 0 Å². The summed E-state index contributed by atoms with van der Waals surface area (Å²) in [5.41, 5.74) is 2.48. The second-order valence-electron chi connectivity index (χ2n) is 6.12. The highest BCUT2D eigenvalue weighted by Gasteiger charge is 2.17. The Morgan fingerprint density at radius 3 is 2.73 bits per heavy atom. The zero-order valence-electron chi connectivity index (χ0n) is 15.1. The average Bonchev–Trinajstić information content (AvgIpc) is 2.67. The van der Waals surface area contributed by atoms with Crippen LogP contribution in [0.5, 0.6) is 17.2 Å². The second kappa shape index (κ2) is 7.95. The van der Waals surface area contributed by atoms with E-state index in [1.54, 1.807) is 19.3 Å². The number of methoxy groups -OCH3 is 1. The van der Waals surface area contributed by atoms with Crippen LogP contribution in [0.2, 0.25) is 0 Å². The first-order valence-electron chi connectivity index (χ1n) is 8.60. The summed E-state index contributed by atoms with van der Waals surface area (Å²) in [6, 6.07) is 11.0. The first kappa shape index (κ1) is 17.9. The van der Waals surface area contributed by atoms with E-state index < -0.39 is 0 Å². The number of nitrogens with one attached hydrogen (secondary N) is 1. The molecular formula is C21H23NO4. The van der Waals surface area contributed by atoms with Gasteiger partial charge in [-0.2, -0.15) is 0 Å². The molecule has 0 radical (unpaired) electrons. The summed E-state index contributed by atoms with van der Waals surface area (Å²) >= 11 is 0. The SMILES string of the molecule is C=CCc1cc(C(=O)NC(C)c2ccc3c(c2)OCCO3)ccc1OC. The number of hydrogen-bond acceptors (Lipinski definition) is 4. The van der Waals surface area contributed by atoms with Gasteiger partial charge < -0.3 is 19.5 Å². The molecule has 0 saturated carbocycles. The van der Waals surface area contributed by atoms with Crippen molar-refractivity contribution in [2.45, 2.75) is 19.4 Å². The zero-order valence-corrected chi connectivity index (χ0v) is 15.1. The minimum absolute atomic E-state index is 0.139. The van der Waals surface area contributed by atoms with Crippen LogP contribution in [0.4, 0.5) is 0 Å². The number of carbonyl (C=O) groups excluding carboxylic acids is 1. The van der Waals surface area contributed by atoms with Crippen molar-refractivity contribution in [1.29, 1.82) is 0 Å². The van der Waals surface area contributed by atoms with Crippen molar-refractivity contribution in [3.63, 3.8) is 0 Å². The Balaban J connectivity index is 1.75. The van der Waals surface area contributed by atoms with Gasteiger partial charge in [-0.1, -0.05) is 12.1 Å². The minimum atomic E-state index is -0.164. The smallest absolute Gasteiger partial charge is 0.251 e. The molecule has 5 nitrogen and oxygen atoms in total. The summed E-state index contributed by atoms with van der Waals surface area (Å²) < 4.78 is 16.5. The van der Waals surface area contributed by atoms with Gasteiger partial charge in [-0.3, -0.25) is 4.79 Å². The fourth-order valence-electron chi connectivity index (χ4n) is 2.93. The number of rotatable bonds is 6. The van der Waals surface area contributed by atoms with Crippen molar-refractivity contribution in [3.05, 3.63) is 65.7 Å². The molecule has 0 spiro atoms. The van der Waals surface area contributed by atoms with Crippen LogP contribution < -0.4 is 19.5 Å². The van der Waals surface area contributed by atoms with E-state index in [0.29, 0.717) is 30.9 Å². The van der Waals surface area contributed by atoms with Crippen LogP contribution in [0.1, 0.15) is 34.5 Å². The highest BCUT2D eigenvalue weighted by atomic mass is 16.6. The lowest BCUT2D eigenvalue weighted by Crippen LogP contribution is -2.27. The molecule has 1 amide bonds. The fraction of sp³-hybridized carbons (Fsp3) is 0.286. The van der Waals surface area contributed by atoms with E-state index in [1.807, 2.05) is 37.3 Å². The quantitative estimate of drug-likeness (QED) is 0.805. The van der Waals surface area contributed by atoms with Crippen molar-refractivity contribution < 1.29 is 19.0 Å². The maximum absolute atomic E-state index is 12.6. The molecule has 0 bridgehead atoms. The summed E-state index contributed by atoms with van der Waals surface area (Å²) in [5, 5.41) is 3.02. The molecule has 0 saturated heterocycles. The van der Waals surface area contributed by atoms with Gasteiger partial charge in [0.1, 0.15) is 19.0 Å². The number of fused-ring (bicyclic) bond motifs is 1. The topological polar surface area (TPSA) is 56.8 Å². The lowest BCUT2D eigenvalue weighted by Gasteiger charge is -2.21. The third-order valence-electron chi connectivity index (χ3n) is 4.32. The molecular weight excluding hydrogens is 330 g/mol. The maximum atomic E-state index is 12.6. The van der Waals surface area contributed by atoms with Crippen LogP contribution in [0.15, 0.2) is 49.1 Å². The van der Waals surface area contributed by atoms with Crippen molar-refractivity contribution in [2.24, 2.45) is 0 Å². The second-order valence-corrected chi connectivity index (χ2v) is 6.12.